The molecular formula is C12H14F8O2Si2. The van der Waals surface area contributed by atoms with Crippen molar-refractivity contribution in [3.63, 3.8) is 0 Å². The summed E-state index contributed by atoms with van der Waals surface area (Å²) in [6.07, 6.45) is -3.04. The van der Waals surface area contributed by atoms with Crippen molar-refractivity contribution in [3.8, 4) is 0 Å². The molecule has 1 aromatic carbocycles. The first kappa shape index (κ1) is 22.8. The molecule has 0 atom stereocenters. The monoisotopic (exact) mass is 398 g/mol. The number of benzene rings is 1. The highest BCUT2D eigenvalue weighted by Crippen LogP contribution is 2.29. The van der Waals surface area contributed by atoms with Gasteiger partial charge >= 0.3 is 14.6 Å². The SMILES string of the molecule is CCO[Si](OCC)(C(F)=C(F)F)c1c(F)c(F)c(F)c(F)c1F.[SiH4]. The molecule has 1 aromatic rings. The van der Waals surface area contributed by atoms with Gasteiger partial charge < -0.3 is 8.85 Å². The molecule has 0 saturated heterocycles. The van der Waals surface area contributed by atoms with Crippen molar-refractivity contribution in [3.05, 3.63) is 40.6 Å². The van der Waals surface area contributed by atoms with Crippen LogP contribution in [0.1, 0.15) is 13.8 Å². The summed E-state index contributed by atoms with van der Waals surface area (Å²) >= 11 is 0. The quantitative estimate of drug-likeness (QED) is 0.317. The molecule has 0 aliphatic rings. The molecule has 0 fully saturated rings. The van der Waals surface area contributed by atoms with Crippen molar-refractivity contribution in [2.45, 2.75) is 13.8 Å². The van der Waals surface area contributed by atoms with Gasteiger partial charge in [-0.1, -0.05) is 0 Å². The Morgan fingerprint density at radius 1 is 0.750 bits per heavy atom. The maximum Gasteiger partial charge on any atom is 0.449 e. The molecule has 0 unspecified atom stereocenters. The van der Waals surface area contributed by atoms with Crippen LogP contribution < -0.4 is 5.19 Å². The van der Waals surface area contributed by atoms with Gasteiger partial charge in [0, 0.05) is 13.2 Å². The maximum atomic E-state index is 13.9. The lowest BCUT2D eigenvalue weighted by atomic mass is 10.3. The van der Waals surface area contributed by atoms with E-state index in [0.717, 1.165) is 13.8 Å². The van der Waals surface area contributed by atoms with Crippen molar-refractivity contribution in [1.82, 2.24) is 0 Å². The number of rotatable bonds is 6. The van der Waals surface area contributed by atoms with Crippen LogP contribution in [-0.2, 0) is 8.85 Å². The second kappa shape index (κ2) is 8.73. The molecule has 0 heterocycles. The summed E-state index contributed by atoms with van der Waals surface area (Å²) in [7, 11) is -5.45. The predicted molar refractivity (Wildman–Crippen MR) is 76.6 cm³/mol. The molecule has 24 heavy (non-hydrogen) atoms. The smallest absolute Gasteiger partial charge is 0.386 e. The number of hydrogen-bond donors (Lipinski definition) is 0. The van der Waals surface area contributed by atoms with Gasteiger partial charge in [0.1, 0.15) is 0 Å². The van der Waals surface area contributed by atoms with Crippen LogP contribution in [0.25, 0.3) is 0 Å². The average Bonchev–Trinajstić information content (AvgIpc) is 2.50. The predicted octanol–water partition coefficient (Wildman–Crippen LogP) is 2.27. The van der Waals surface area contributed by atoms with E-state index in [1.54, 1.807) is 0 Å². The van der Waals surface area contributed by atoms with Gasteiger partial charge in [0.15, 0.2) is 23.3 Å². The van der Waals surface area contributed by atoms with E-state index in [0.29, 0.717) is 0 Å². The van der Waals surface area contributed by atoms with Gasteiger partial charge in [-0.15, -0.1) is 0 Å². The van der Waals surface area contributed by atoms with Crippen molar-refractivity contribution >= 4 is 24.7 Å². The van der Waals surface area contributed by atoms with Crippen LogP contribution in [0.4, 0.5) is 35.1 Å². The van der Waals surface area contributed by atoms with Crippen LogP contribution in [-0.4, -0.2) is 32.7 Å². The lowest BCUT2D eigenvalue weighted by molar-refractivity contribution is 0.189. The first-order valence-electron chi connectivity index (χ1n) is 6.16. The molecule has 1 rings (SSSR count). The highest BCUT2D eigenvalue weighted by Gasteiger charge is 2.54. The van der Waals surface area contributed by atoms with Crippen molar-refractivity contribution < 1.29 is 44.0 Å². The Bertz CT molecular complexity index is 599. The van der Waals surface area contributed by atoms with Crippen LogP contribution >= 0.6 is 0 Å². The van der Waals surface area contributed by atoms with Gasteiger partial charge in [-0.05, 0) is 24.8 Å². The molecular weight excluding hydrogens is 384 g/mol. The highest BCUT2D eigenvalue weighted by molar-refractivity contribution is 6.87. The standard InChI is InChI=1S/C12H10F8O2Si.H4Si/c1-3-21-23(22-4-2,12(20)11(18)19)10-8(16)6(14)5(13)7(15)9(10)17;/h3-4H2,1-2H3;1H4. The maximum absolute atomic E-state index is 13.9. The molecule has 0 saturated carbocycles. The largest absolute Gasteiger partial charge is 0.449 e. The lowest BCUT2D eigenvalue weighted by Crippen LogP contribution is -2.59. The fraction of sp³-hybridized carbons (Fsp3) is 0.333. The number of hydrogen-bond acceptors (Lipinski definition) is 2. The van der Waals surface area contributed by atoms with Gasteiger partial charge in [0.2, 0.25) is 11.3 Å². The molecule has 138 valence electrons. The summed E-state index contributed by atoms with van der Waals surface area (Å²) in [5, 5.41) is -1.86. The van der Waals surface area contributed by atoms with Crippen LogP contribution in [0.15, 0.2) is 11.5 Å². The van der Waals surface area contributed by atoms with E-state index < -0.39 is 67.6 Å². The molecule has 0 aliphatic carbocycles. The van der Waals surface area contributed by atoms with Gasteiger partial charge in [-0.25, -0.2) is 26.3 Å². The summed E-state index contributed by atoms with van der Waals surface area (Å²) in [6, 6.07) is 0. The third-order valence-corrected chi connectivity index (χ3v) is 5.94. The Balaban J connectivity index is 0.00000529. The molecule has 2 nitrogen and oxygen atoms in total. The van der Waals surface area contributed by atoms with E-state index >= 15 is 0 Å². The first-order chi connectivity index (χ1) is 10.7. The molecule has 12 heteroatoms. The second-order valence-corrected chi connectivity index (χ2v) is 6.75. The summed E-state index contributed by atoms with van der Waals surface area (Å²) in [4.78, 5) is 0. The van der Waals surface area contributed by atoms with Gasteiger partial charge in [-0.3, -0.25) is 0 Å². The molecule has 0 aromatic heterocycles. The summed E-state index contributed by atoms with van der Waals surface area (Å²) < 4.78 is 116. The van der Waals surface area contributed by atoms with Gasteiger partial charge in [0.25, 0.3) is 0 Å². The molecule has 0 radical (unpaired) electrons. The van der Waals surface area contributed by atoms with Crippen LogP contribution in [0.5, 0.6) is 0 Å². The third kappa shape index (κ3) is 3.70. The van der Waals surface area contributed by atoms with E-state index in [1.165, 1.54) is 0 Å². The zero-order chi connectivity index (χ0) is 17.9. The van der Waals surface area contributed by atoms with E-state index in [-0.39, 0.29) is 11.0 Å². The van der Waals surface area contributed by atoms with Crippen LogP contribution in [0.2, 0.25) is 0 Å². The topological polar surface area (TPSA) is 18.5 Å². The average molecular weight is 398 g/mol. The summed E-state index contributed by atoms with van der Waals surface area (Å²) in [5.74, 6) is -12.3. The molecule has 0 amide bonds. The van der Waals surface area contributed by atoms with E-state index in [1.807, 2.05) is 0 Å². The third-order valence-electron chi connectivity index (χ3n) is 2.69. The Morgan fingerprint density at radius 2 is 1.08 bits per heavy atom. The molecule has 0 aliphatic heterocycles. The van der Waals surface area contributed by atoms with Gasteiger partial charge in [-0.2, -0.15) is 8.78 Å². The summed E-state index contributed by atoms with van der Waals surface area (Å²) in [5.41, 5.74) is -2.48. The molecule has 0 bridgehead atoms. The normalized spacial score (nSPS) is 11.2. The molecule has 0 N–H and O–H groups in total. The van der Waals surface area contributed by atoms with Crippen molar-refractivity contribution in [2.75, 3.05) is 13.2 Å². The fourth-order valence-electron chi connectivity index (χ4n) is 1.85. The number of halogens is 8. The first-order valence-corrected chi connectivity index (χ1v) is 7.98. The van der Waals surface area contributed by atoms with Crippen molar-refractivity contribution in [1.29, 1.82) is 0 Å². The Kier molecular flexibility index (Phi) is 8.28. The minimum Gasteiger partial charge on any atom is -0.386 e. The van der Waals surface area contributed by atoms with Crippen LogP contribution in [0.3, 0.4) is 0 Å². The minimum atomic E-state index is -5.45. The van der Waals surface area contributed by atoms with E-state index in [4.69, 9.17) is 0 Å². The van der Waals surface area contributed by atoms with E-state index in [2.05, 4.69) is 8.85 Å². The lowest BCUT2D eigenvalue weighted by Gasteiger charge is -2.28. The Hall–Kier alpha value is -1.25. The fourth-order valence-corrected chi connectivity index (χ4v) is 4.55. The minimum absolute atomic E-state index is 0. The summed E-state index contributed by atoms with van der Waals surface area (Å²) in [6.45, 7) is 1.14. The Morgan fingerprint density at radius 3 is 1.38 bits per heavy atom. The highest BCUT2D eigenvalue weighted by atomic mass is 28.4. The van der Waals surface area contributed by atoms with Crippen molar-refractivity contribution in [2.24, 2.45) is 0 Å². The molecule has 0 spiro atoms. The Labute approximate surface area is 137 Å². The zero-order valence-corrected chi connectivity index (χ0v) is 12.8. The second-order valence-electron chi connectivity index (χ2n) is 4.00. The zero-order valence-electron chi connectivity index (χ0n) is 11.8. The van der Waals surface area contributed by atoms with Crippen LogP contribution in [0, 0.1) is 29.1 Å². The van der Waals surface area contributed by atoms with Gasteiger partial charge in [0.05, 0.1) is 5.19 Å². The van der Waals surface area contributed by atoms with E-state index in [9.17, 15) is 35.1 Å².